The molecular weight excluding hydrogens is 140 g/mol. The Kier molecular flexibility index (Phi) is 1.12. The van der Waals surface area contributed by atoms with Gasteiger partial charge in [0.05, 0.1) is 11.0 Å². The molecule has 2 heterocycles. The summed E-state index contributed by atoms with van der Waals surface area (Å²) >= 11 is 0. The number of hydrogen-bond donors (Lipinski definition) is 2. The highest BCUT2D eigenvalue weighted by Crippen LogP contribution is 2.10. The van der Waals surface area contributed by atoms with Gasteiger partial charge in [0.2, 0.25) is 5.56 Å². The molecule has 56 valence electrons. The van der Waals surface area contributed by atoms with E-state index in [1.54, 1.807) is 6.07 Å². The molecule has 0 aromatic carbocycles. The van der Waals surface area contributed by atoms with E-state index in [2.05, 4.69) is 9.97 Å². The molecule has 2 aromatic rings. The highest BCUT2D eigenvalue weighted by molar-refractivity contribution is 5.77. The molecule has 0 saturated carbocycles. The third-order valence-corrected chi connectivity index (χ3v) is 1.76. The van der Waals surface area contributed by atoms with Crippen molar-refractivity contribution in [3.05, 3.63) is 34.2 Å². The van der Waals surface area contributed by atoms with Crippen LogP contribution >= 0.6 is 0 Å². The van der Waals surface area contributed by atoms with Crippen molar-refractivity contribution in [1.29, 1.82) is 0 Å². The Morgan fingerprint density at radius 3 is 3.00 bits per heavy atom. The van der Waals surface area contributed by atoms with Gasteiger partial charge in [-0.25, -0.2) is 0 Å². The van der Waals surface area contributed by atoms with E-state index in [4.69, 9.17) is 0 Å². The van der Waals surface area contributed by atoms with Gasteiger partial charge in [0.15, 0.2) is 0 Å². The number of aromatic amines is 2. The van der Waals surface area contributed by atoms with Gasteiger partial charge in [-0.3, -0.25) is 4.79 Å². The monoisotopic (exact) mass is 148 g/mol. The molecule has 0 radical (unpaired) electrons. The maximum Gasteiger partial charge on any atom is 0.248 e. The number of hydrogen-bond acceptors (Lipinski definition) is 1. The predicted octanol–water partition coefficient (Wildman–Crippen LogP) is 1.16. The van der Waals surface area contributed by atoms with Crippen LogP contribution in [-0.4, -0.2) is 9.97 Å². The first-order chi connectivity index (χ1) is 5.27. The molecule has 0 aliphatic rings. The second-order valence-electron chi connectivity index (χ2n) is 2.58. The molecule has 2 rings (SSSR count). The van der Waals surface area contributed by atoms with E-state index in [-0.39, 0.29) is 5.56 Å². The average molecular weight is 148 g/mol. The molecule has 0 fully saturated rings. The van der Waals surface area contributed by atoms with Crippen molar-refractivity contribution in [2.75, 3.05) is 0 Å². The summed E-state index contributed by atoms with van der Waals surface area (Å²) in [6.07, 6.45) is 1.88. The zero-order valence-electron chi connectivity index (χ0n) is 6.14. The summed E-state index contributed by atoms with van der Waals surface area (Å²) in [5, 5.41) is 0. The van der Waals surface area contributed by atoms with Gasteiger partial charge in [0.1, 0.15) is 0 Å². The highest BCUT2D eigenvalue weighted by atomic mass is 16.1. The fourth-order valence-electron chi connectivity index (χ4n) is 1.16. The molecule has 2 N–H and O–H groups in total. The van der Waals surface area contributed by atoms with Crippen LogP contribution in [0.25, 0.3) is 11.0 Å². The topological polar surface area (TPSA) is 48.6 Å². The molecular formula is C8H8N2O. The average Bonchev–Trinajstić information content (AvgIpc) is 2.33. The minimum atomic E-state index is -0.0554. The molecule has 0 bridgehead atoms. The van der Waals surface area contributed by atoms with Gasteiger partial charge in [0.25, 0.3) is 0 Å². The Morgan fingerprint density at radius 2 is 2.18 bits per heavy atom. The molecule has 0 aliphatic heterocycles. The molecule has 2 aromatic heterocycles. The van der Waals surface area contributed by atoms with E-state index in [0.717, 1.165) is 16.6 Å². The van der Waals surface area contributed by atoms with Crippen molar-refractivity contribution < 1.29 is 0 Å². The minimum Gasteiger partial charge on any atom is -0.360 e. The first-order valence-corrected chi connectivity index (χ1v) is 3.44. The summed E-state index contributed by atoms with van der Waals surface area (Å²) in [6, 6.07) is 3.29. The Bertz CT molecular complexity index is 439. The second-order valence-corrected chi connectivity index (χ2v) is 2.58. The van der Waals surface area contributed by atoms with Crippen molar-refractivity contribution >= 4 is 11.0 Å². The molecule has 3 nitrogen and oxygen atoms in total. The van der Waals surface area contributed by atoms with Gasteiger partial charge in [-0.1, -0.05) is 0 Å². The Labute approximate surface area is 63.1 Å². The molecule has 0 unspecified atom stereocenters. The number of pyridine rings is 1. The van der Waals surface area contributed by atoms with E-state index in [1.165, 1.54) is 6.07 Å². The Balaban J connectivity index is 2.98. The lowest BCUT2D eigenvalue weighted by Crippen LogP contribution is -2.01. The van der Waals surface area contributed by atoms with Crippen LogP contribution in [0.4, 0.5) is 0 Å². The van der Waals surface area contributed by atoms with Crippen LogP contribution in [0.3, 0.4) is 0 Å². The van der Waals surface area contributed by atoms with E-state index >= 15 is 0 Å². The number of nitrogens with one attached hydrogen (secondary N) is 2. The second kappa shape index (κ2) is 1.99. The van der Waals surface area contributed by atoms with Crippen LogP contribution in [0.15, 0.2) is 23.1 Å². The summed E-state index contributed by atoms with van der Waals surface area (Å²) < 4.78 is 0. The first-order valence-electron chi connectivity index (χ1n) is 3.44. The zero-order chi connectivity index (χ0) is 7.84. The van der Waals surface area contributed by atoms with E-state index < -0.39 is 0 Å². The van der Waals surface area contributed by atoms with Crippen LogP contribution in [-0.2, 0) is 0 Å². The maximum atomic E-state index is 10.9. The van der Waals surface area contributed by atoms with Gasteiger partial charge in [-0.05, 0) is 18.6 Å². The lowest BCUT2D eigenvalue weighted by atomic mass is 10.3. The molecule has 0 atom stereocenters. The fraction of sp³-hybridized carbons (Fsp3) is 0.125. The Morgan fingerprint density at radius 1 is 1.36 bits per heavy atom. The largest absolute Gasteiger partial charge is 0.360 e. The highest BCUT2D eigenvalue weighted by Gasteiger charge is 1.97. The van der Waals surface area contributed by atoms with Crippen molar-refractivity contribution in [2.45, 2.75) is 6.92 Å². The quantitative estimate of drug-likeness (QED) is 0.578. The SMILES string of the molecule is Cc1c[nH]c2ccc(=O)[nH]c12. The lowest BCUT2D eigenvalue weighted by molar-refractivity contribution is 1.30. The van der Waals surface area contributed by atoms with E-state index in [9.17, 15) is 4.79 Å². The van der Waals surface area contributed by atoms with Gasteiger partial charge < -0.3 is 9.97 Å². The van der Waals surface area contributed by atoms with Gasteiger partial charge in [-0.2, -0.15) is 0 Å². The maximum absolute atomic E-state index is 10.9. The third kappa shape index (κ3) is 0.852. The normalized spacial score (nSPS) is 10.6. The molecule has 11 heavy (non-hydrogen) atoms. The van der Waals surface area contributed by atoms with Crippen LogP contribution in [0.1, 0.15) is 5.56 Å². The number of H-pyrrole nitrogens is 2. The number of rotatable bonds is 0. The standard InChI is InChI=1S/C8H8N2O/c1-5-4-9-6-2-3-7(11)10-8(5)6/h2-4,9H,1H3,(H,10,11). The lowest BCUT2D eigenvalue weighted by Gasteiger charge is -1.88. The van der Waals surface area contributed by atoms with Gasteiger partial charge >= 0.3 is 0 Å². The first kappa shape index (κ1) is 6.22. The Hall–Kier alpha value is -1.51. The molecule has 0 aliphatic carbocycles. The summed E-state index contributed by atoms with van der Waals surface area (Å²) in [4.78, 5) is 16.7. The van der Waals surface area contributed by atoms with Crippen molar-refractivity contribution in [3.63, 3.8) is 0 Å². The molecule has 0 saturated heterocycles. The molecule has 0 amide bonds. The predicted molar refractivity (Wildman–Crippen MR) is 43.7 cm³/mol. The van der Waals surface area contributed by atoms with Gasteiger partial charge in [-0.15, -0.1) is 0 Å². The zero-order valence-corrected chi connectivity index (χ0v) is 6.14. The van der Waals surface area contributed by atoms with Crippen molar-refractivity contribution in [1.82, 2.24) is 9.97 Å². The molecule has 3 heteroatoms. The smallest absolute Gasteiger partial charge is 0.248 e. The number of aryl methyl sites for hydroxylation is 1. The van der Waals surface area contributed by atoms with Crippen LogP contribution in [0.2, 0.25) is 0 Å². The minimum absolute atomic E-state index is 0.0554. The van der Waals surface area contributed by atoms with Crippen molar-refractivity contribution in [3.8, 4) is 0 Å². The summed E-state index contributed by atoms with van der Waals surface area (Å²) in [5.41, 5.74) is 2.89. The molecule has 0 spiro atoms. The van der Waals surface area contributed by atoms with Crippen LogP contribution in [0.5, 0.6) is 0 Å². The number of fused-ring (bicyclic) bond motifs is 1. The summed E-state index contributed by atoms with van der Waals surface area (Å²) in [5.74, 6) is 0. The summed E-state index contributed by atoms with van der Waals surface area (Å²) in [7, 11) is 0. The van der Waals surface area contributed by atoms with Gasteiger partial charge in [0, 0.05) is 12.3 Å². The van der Waals surface area contributed by atoms with Crippen LogP contribution < -0.4 is 5.56 Å². The van der Waals surface area contributed by atoms with E-state index in [0.29, 0.717) is 0 Å². The van der Waals surface area contributed by atoms with E-state index in [1.807, 2.05) is 13.1 Å². The van der Waals surface area contributed by atoms with Crippen LogP contribution in [0, 0.1) is 6.92 Å². The summed E-state index contributed by atoms with van der Waals surface area (Å²) in [6.45, 7) is 1.95. The van der Waals surface area contributed by atoms with Crippen molar-refractivity contribution in [2.24, 2.45) is 0 Å². The number of aromatic nitrogens is 2. The third-order valence-electron chi connectivity index (χ3n) is 1.76. The fourth-order valence-corrected chi connectivity index (χ4v) is 1.16.